The van der Waals surface area contributed by atoms with E-state index in [0.29, 0.717) is 22.7 Å². The molecule has 0 saturated heterocycles. The van der Waals surface area contributed by atoms with E-state index < -0.39 is 4.92 Å². The minimum Gasteiger partial charge on any atom is -0.456 e. The number of hydrogen-bond acceptors (Lipinski definition) is 6. The summed E-state index contributed by atoms with van der Waals surface area (Å²) in [5, 5.41) is 13.3. The Morgan fingerprint density at radius 3 is 2.59 bits per heavy atom. The van der Waals surface area contributed by atoms with Gasteiger partial charge in [0.15, 0.2) is 11.5 Å². The summed E-state index contributed by atoms with van der Waals surface area (Å²) >= 11 is 0. The summed E-state index contributed by atoms with van der Waals surface area (Å²) in [4.78, 5) is 15.3. The van der Waals surface area contributed by atoms with Crippen LogP contribution in [0.15, 0.2) is 64.0 Å². The highest BCUT2D eigenvalue weighted by molar-refractivity contribution is 6.06. The summed E-state index contributed by atoms with van der Waals surface area (Å²) in [6, 6.07) is 16.2. The van der Waals surface area contributed by atoms with Gasteiger partial charge in [-0.05, 0) is 30.3 Å². The van der Waals surface area contributed by atoms with E-state index in [4.69, 9.17) is 13.9 Å². The lowest BCUT2D eigenvalue weighted by Gasteiger charge is -2.01. The molecule has 0 unspecified atom stereocenters. The number of para-hydroxylation sites is 1. The van der Waals surface area contributed by atoms with Gasteiger partial charge in [0, 0.05) is 17.0 Å². The molecule has 0 N–H and O–H groups in total. The van der Waals surface area contributed by atoms with Crippen LogP contribution >= 0.6 is 0 Å². The third kappa shape index (κ3) is 2.56. The highest BCUT2D eigenvalue weighted by Gasteiger charge is 2.22. The summed E-state index contributed by atoms with van der Waals surface area (Å²) in [5.41, 5.74) is 2.50. The first kappa shape index (κ1) is 15.4. The molecule has 132 valence electrons. The quantitative estimate of drug-likeness (QED) is 0.292. The second kappa shape index (κ2) is 5.84. The molecule has 2 heterocycles. The Morgan fingerprint density at radius 2 is 1.74 bits per heavy atom. The average molecular weight is 360 g/mol. The molecule has 0 spiro atoms. The van der Waals surface area contributed by atoms with E-state index in [9.17, 15) is 10.1 Å². The molecule has 1 aliphatic rings. The van der Waals surface area contributed by atoms with Gasteiger partial charge in [0.2, 0.25) is 6.79 Å². The predicted octanol–water partition coefficient (Wildman–Crippen LogP) is 4.97. The lowest BCUT2D eigenvalue weighted by Crippen LogP contribution is -1.94. The number of nitro groups is 1. The predicted molar refractivity (Wildman–Crippen MR) is 100 cm³/mol. The zero-order valence-electron chi connectivity index (χ0n) is 13.9. The SMILES string of the molecule is O=[N+]([O-])c1cc2c(cc1C=Nc1ccc3oc4ccccc4c3c1)OCO2. The third-order valence-electron chi connectivity index (χ3n) is 4.43. The van der Waals surface area contributed by atoms with Crippen molar-refractivity contribution in [1.29, 1.82) is 0 Å². The largest absolute Gasteiger partial charge is 0.456 e. The van der Waals surface area contributed by atoms with E-state index in [2.05, 4.69) is 4.99 Å². The minimum atomic E-state index is -0.462. The number of rotatable bonds is 3. The molecule has 27 heavy (non-hydrogen) atoms. The number of aliphatic imine (C=N–C) groups is 1. The van der Waals surface area contributed by atoms with E-state index in [1.54, 1.807) is 12.1 Å². The minimum absolute atomic E-state index is 0.0529. The second-order valence-corrected chi connectivity index (χ2v) is 6.06. The molecule has 1 aliphatic heterocycles. The van der Waals surface area contributed by atoms with Crippen molar-refractivity contribution < 1.29 is 18.8 Å². The van der Waals surface area contributed by atoms with Gasteiger partial charge in [0.05, 0.1) is 22.2 Å². The number of hydrogen-bond donors (Lipinski definition) is 0. The van der Waals surface area contributed by atoms with Gasteiger partial charge < -0.3 is 13.9 Å². The Hall–Kier alpha value is -3.87. The summed E-state index contributed by atoms with van der Waals surface area (Å²) in [7, 11) is 0. The van der Waals surface area contributed by atoms with Crippen molar-refractivity contribution in [3.8, 4) is 11.5 Å². The van der Waals surface area contributed by atoms with E-state index >= 15 is 0 Å². The number of nitro benzene ring substituents is 1. The van der Waals surface area contributed by atoms with Crippen molar-refractivity contribution in [2.24, 2.45) is 4.99 Å². The van der Waals surface area contributed by atoms with Crippen molar-refractivity contribution in [2.45, 2.75) is 0 Å². The standard InChI is InChI=1S/C20H12N2O5/c23-22(24)16-9-20-19(25-11-26-20)7-12(16)10-21-13-5-6-18-15(8-13)14-3-1-2-4-17(14)27-18/h1-10H,11H2. The monoisotopic (exact) mass is 360 g/mol. The van der Waals surface area contributed by atoms with Gasteiger partial charge in [-0.1, -0.05) is 18.2 Å². The molecule has 5 rings (SSSR count). The molecule has 7 nitrogen and oxygen atoms in total. The molecule has 0 bridgehead atoms. The van der Waals surface area contributed by atoms with Crippen molar-refractivity contribution >= 4 is 39.5 Å². The molecule has 0 aliphatic carbocycles. The van der Waals surface area contributed by atoms with E-state index in [-0.39, 0.29) is 12.5 Å². The van der Waals surface area contributed by atoms with Gasteiger partial charge in [0.1, 0.15) is 11.2 Å². The van der Waals surface area contributed by atoms with Crippen LogP contribution in [-0.4, -0.2) is 17.9 Å². The summed E-state index contributed by atoms with van der Waals surface area (Å²) in [6.45, 7) is 0.0529. The van der Waals surface area contributed by atoms with Crippen LogP contribution in [0.4, 0.5) is 11.4 Å². The maximum atomic E-state index is 11.4. The van der Waals surface area contributed by atoms with Gasteiger partial charge >= 0.3 is 0 Å². The Morgan fingerprint density at radius 1 is 0.963 bits per heavy atom. The molecule has 3 aromatic carbocycles. The van der Waals surface area contributed by atoms with Crippen LogP contribution in [0.2, 0.25) is 0 Å². The molecule has 0 fully saturated rings. The molecule has 0 radical (unpaired) electrons. The molecule has 1 aromatic heterocycles. The second-order valence-electron chi connectivity index (χ2n) is 6.06. The van der Waals surface area contributed by atoms with Crippen LogP contribution in [-0.2, 0) is 0 Å². The van der Waals surface area contributed by atoms with Gasteiger partial charge in [0.25, 0.3) is 5.69 Å². The maximum absolute atomic E-state index is 11.4. The van der Waals surface area contributed by atoms with E-state index in [1.165, 1.54) is 12.3 Å². The van der Waals surface area contributed by atoms with Gasteiger partial charge in [-0.2, -0.15) is 0 Å². The molecule has 0 amide bonds. The fourth-order valence-electron chi connectivity index (χ4n) is 3.15. The van der Waals surface area contributed by atoms with Gasteiger partial charge in [-0.15, -0.1) is 0 Å². The number of furan rings is 1. The first-order chi connectivity index (χ1) is 13.2. The van der Waals surface area contributed by atoms with Crippen LogP contribution < -0.4 is 9.47 Å². The van der Waals surface area contributed by atoms with Crippen molar-refractivity contribution in [3.05, 3.63) is 70.3 Å². The average Bonchev–Trinajstić information content (AvgIpc) is 3.28. The molecular weight excluding hydrogens is 348 g/mol. The number of ether oxygens (including phenoxy) is 2. The highest BCUT2D eigenvalue weighted by Crippen LogP contribution is 2.37. The number of nitrogens with zero attached hydrogens (tertiary/aromatic N) is 2. The molecule has 0 atom stereocenters. The maximum Gasteiger partial charge on any atom is 0.282 e. The topological polar surface area (TPSA) is 87.1 Å². The van der Waals surface area contributed by atoms with Crippen LogP contribution in [0, 0.1) is 10.1 Å². The van der Waals surface area contributed by atoms with E-state index in [0.717, 1.165) is 21.9 Å². The van der Waals surface area contributed by atoms with Crippen molar-refractivity contribution in [2.75, 3.05) is 6.79 Å². The fourth-order valence-corrected chi connectivity index (χ4v) is 3.15. The van der Waals surface area contributed by atoms with Crippen LogP contribution in [0.25, 0.3) is 21.9 Å². The zero-order chi connectivity index (χ0) is 18.4. The third-order valence-corrected chi connectivity index (χ3v) is 4.43. The van der Waals surface area contributed by atoms with Crippen LogP contribution in [0.3, 0.4) is 0 Å². The lowest BCUT2D eigenvalue weighted by atomic mass is 10.1. The lowest BCUT2D eigenvalue weighted by molar-refractivity contribution is -0.385. The number of benzene rings is 3. The Labute approximate surface area is 152 Å². The Balaban J connectivity index is 1.58. The fraction of sp³-hybridized carbons (Fsp3) is 0.0500. The van der Waals surface area contributed by atoms with Gasteiger partial charge in [-0.3, -0.25) is 15.1 Å². The van der Waals surface area contributed by atoms with Gasteiger partial charge in [-0.25, -0.2) is 0 Å². The smallest absolute Gasteiger partial charge is 0.282 e. The molecule has 4 aromatic rings. The summed E-state index contributed by atoms with van der Waals surface area (Å²) < 4.78 is 16.3. The first-order valence-electron chi connectivity index (χ1n) is 8.22. The first-order valence-corrected chi connectivity index (χ1v) is 8.22. The summed E-state index contributed by atoms with van der Waals surface area (Å²) in [6.07, 6.45) is 1.46. The molecular formula is C20H12N2O5. The Kier molecular flexibility index (Phi) is 3.33. The normalized spacial score (nSPS) is 13.0. The summed E-state index contributed by atoms with van der Waals surface area (Å²) in [5.74, 6) is 0.837. The molecule has 7 heteroatoms. The molecule has 0 saturated carbocycles. The van der Waals surface area contributed by atoms with Crippen LogP contribution in [0.1, 0.15) is 5.56 Å². The number of fused-ring (bicyclic) bond motifs is 4. The Bertz CT molecular complexity index is 1240. The zero-order valence-corrected chi connectivity index (χ0v) is 13.9. The van der Waals surface area contributed by atoms with Crippen molar-refractivity contribution in [1.82, 2.24) is 0 Å². The van der Waals surface area contributed by atoms with Crippen molar-refractivity contribution in [3.63, 3.8) is 0 Å². The van der Waals surface area contributed by atoms with E-state index in [1.807, 2.05) is 36.4 Å². The van der Waals surface area contributed by atoms with Crippen LogP contribution in [0.5, 0.6) is 11.5 Å². The highest BCUT2D eigenvalue weighted by atomic mass is 16.7.